The fourth-order valence-electron chi connectivity index (χ4n) is 3.71. The van der Waals surface area contributed by atoms with Crippen LogP contribution in [0.2, 0.25) is 5.02 Å². The van der Waals surface area contributed by atoms with E-state index in [2.05, 4.69) is 15.3 Å². The molecule has 1 fully saturated rings. The molecular formula is C22H22ClFN4O3. The van der Waals surface area contributed by atoms with Gasteiger partial charge in [-0.15, -0.1) is 0 Å². The number of pyridine rings is 1. The van der Waals surface area contributed by atoms with E-state index in [1.165, 1.54) is 18.3 Å². The molecule has 3 N–H and O–H groups in total. The van der Waals surface area contributed by atoms with Crippen molar-refractivity contribution >= 4 is 34.4 Å². The molecule has 0 bridgehead atoms. The van der Waals surface area contributed by atoms with Crippen LogP contribution in [-0.4, -0.2) is 57.0 Å². The number of H-pyrrole nitrogens is 1. The van der Waals surface area contributed by atoms with Crippen LogP contribution in [0.25, 0.3) is 11.0 Å². The maximum atomic E-state index is 13.3. The van der Waals surface area contributed by atoms with Gasteiger partial charge in [-0.2, -0.15) is 0 Å². The SMILES string of the molecule is O=C(N[C@@H](Cc1ccc(F)cc1)C(=O)N1CCC(O)CC1)c1cc2cc(Cl)cnc2[nH]1. The molecule has 9 heteroatoms. The number of fused-ring (bicyclic) bond motifs is 1. The first-order valence-electron chi connectivity index (χ1n) is 10.1. The molecule has 4 rings (SSSR count). The molecule has 2 aromatic heterocycles. The van der Waals surface area contributed by atoms with Gasteiger partial charge >= 0.3 is 0 Å². The quantitative estimate of drug-likeness (QED) is 0.563. The summed E-state index contributed by atoms with van der Waals surface area (Å²) in [5.74, 6) is -1.06. The lowest BCUT2D eigenvalue weighted by Gasteiger charge is -2.32. The van der Waals surface area contributed by atoms with E-state index in [4.69, 9.17) is 11.6 Å². The molecule has 0 aliphatic carbocycles. The number of likely N-dealkylation sites (tertiary alicyclic amines) is 1. The Morgan fingerprint density at radius 3 is 2.68 bits per heavy atom. The summed E-state index contributed by atoms with van der Waals surface area (Å²) in [5, 5.41) is 13.7. The minimum absolute atomic E-state index is 0.216. The maximum absolute atomic E-state index is 13.3. The molecule has 162 valence electrons. The first-order valence-corrected chi connectivity index (χ1v) is 10.4. The van der Waals surface area contributed by atoms with Crippen LogP contribution in [0.15, 0.2) is 42.6 Å². The average molecular weight is 445 g/mol. The van der Waals surface area contributed by atoms with Crippen LogP contribution in [-0.2, 0) is 11.2 Å². The molecule has 0 saturated carbocycles. The highest BCUT2D eigenvalue weighted by Gasteiger charge is 2.29. The van der Waals surface area contributed by atoms with Gasteiger partial charge < -0.3 is 20.3 Å². The van der Waals surface area contributed by atoms with Gasteiger partial charge in [-0.1, -0.05) is 23.7 Å². The topological polar surface area (TPSA) is 98.3 Å². The second kappa shape index (κ2) is 9.03. The number of nitrogens with one attached hydrogen (secondary N) is 2. The molecule has 1 atom stereocenters. The van der Waals surface area contributed by atoms with E-state index in [9.17, 15) is 19.1 Å². The number of aliphatic hydroxyl groups is 1. The van der Waals surface area contributed by atoms with E-state index in [1.54, 1.807) is 29.2 Å². The average Bonchev–Trinajstić information content (AvgIpc) is 3.18. The van der Waals surface area contributed by atoms with E-state index >= 15 is 0 Å². The Kier molecular flexibility index (Phi) is 6.20. The number of amides is 2. The number of hydrogen-bond acceptors (Lipinski definition) is 4. The van der Waals surface area contributed by atoms with Crippen LogP contribution in [0.1, 0.15) is 28.9 Å². The summed E-state index contributed by atoms with van der Waals surface area (Å²) in [5.41, 5.74) is 1.50. The summed E-state index contributed by atoms with van der Waals surface area (Å²) >= 11 is 5.96. The number of piperidine rings is 1. The van der Waals surface area contributed by atoms with E-state index in [1.807, 2.05) is 0 Å². The summed E-state index contributed by atoms with van der Waals surface area (Å²) < 4.78 is 13.3. The molecule has 1 aliphatic heterocycles. The highest BCUT2D eigenvalue weighted by atomic mass is 35.5. The molecule has 3 heterocycles. The molecule has 0 spiro atoms. The summed E-state index contributed by atoms with van der Waals surface area (Å²) in [7, 11) is 0. The van der Waals surface area contributed by atoms with E-state index in [-0.39, 0.29) is 23.8 Å². The van der Waals surface area contributed by atoms with Crippen LogP contribution in [0.5, 0.6) is 0 Å². The zero-order valence-electron chi connectivity index (χ0n) is 16.6. The Hall–Kier alpha value is -2.97. The summed E-state index contributed by atoms with van der Waals surface area (Å²) in [6.07, 6.45) is 2.27. The third-order valence-corrected chi connectivity index (χ3v) is 5.62. The largest absolute Gasteiger partial charge is 0.393 e. The minimum atomic E-state index is -0.837. The summed E-state index contributed by atoms with van der Waals surface area (Å²) in [6, 6.07) is 8.31. The van der Waals surface area contributed by atoms with Gasteiger partial charge in [0.2, 0.25) is 5.91 Å². The molecule has 0 radical (unpaired) electrons. The second-order valence-electron chi connectivity index (χ2n) is 7.69. The number of carbonyl (C=O) groups excluding carboxylic acids is 2. The standard InChI is InChI=1S/C22H22ClFN4O3/c23-15-10-14-11-18(26-20(14)25-12-15)21(30)27-19(9-13-1-3-16(24)4-2-13)22(31)28-7-5-17(29)6-8-28/h1-4,10-12,17,19,29H,5-9H2,(H,25,26)(H,27,30)/t19-/m0/s1. The monoisotopic (exact) mass is 444 g/mol. The second-order valence-corrected chi connectivity index (χ2v) is 8.12. The van der Waals surface area contributed by atoms with Gasteiger partial charge in [0, 0.05) is 31.1 Å². The first kappa shape index (κ1) is 21.3. The van der Waals surface area contributed by atoms with Crippen LogP contribution in [0, 0.1) is 5.82 Å². The molecule has 1 aromatic carbocycles. The van der Waals surface area contributed by atoms with Crippen molar-refractivity contribution in [2.75, 3.05) is 13.1 Å². The third kappa shape index (κ3) is 5.03. The van der Waals surface area contributed by atoms with Gasteiger partial charge in [-0.3, -0.25) is 9.59 Å². The Bertz CT molecular complexity index is 1090. The molecular weight excluding hydrogens is 423 g/mol. The molecule has 1 saturated heterocycles. The highest BCUT2D eigenvalue weighted by molar-refractivity contribution is 6.31. The van der Waals surface area contributed by atoms with Gasteiger partial charge in [0.05, 0.1) is 11.1 Å². The number of aliphatic hydroxyl groups excluding tert-OH is 1. The van der Waals surface area contributed by atoms with Crippen LogP contribution in [0.3, 0.4) is 0 Å². The van der Waals surface area contributed by atoms with Crippen molar-refractivity contribution < 1.29 is 19.1 Å². The first-order chi connectivity index (χ1) is 14.9. The Labute approximate surface area is 183 Å². The number of benzene rings is 1. The fourth-order valence-corrected chi connectivity index (χ4v) is 3.88. The molecule has 7 nitrogen and oxygen atoms in total. The van der Waals surface area contributed by atoms with E-state index < -0.39 is 18.1 Å². The van der Waals surface area contributed by atoms with Gasteiger partial charge in [-0.25, -0.2) is 9.37 Å². The lowest BCUT2D eigenvalue weighted by atomic mass is 10.0. The Morgan fingerprint density at radius 1 is 1.26 bits per heavy atom. The number of halogens is 2. The van der Waals surface area contributed by atoms with Crippen LogP contribution >= 0.6 is 11.6 Å². The lowest BCUT2D eigenvalue weighted by Crippen LogP contribution is -2.52. The number of rotatable bonds is 5. The van der Waals surface area contributed by atoms with Crippen molar-refractivity contribution in [1.29, 1.82) is 0 Å². The maximum Gasteiger partial charge on any atom is 0.268 e. The summed E-state index contributed by atoms with van der Waals surface area (Å²) in [4.78, 5) is 34.8. The van der Waals surface area contributed by atoms with Crippen molar-refractivity contribution in [3.63, 3.8) is 0 Å². The molecule has 0 unspecified atom stereocenters. The van der Waals surface area contributed by atoms with Crippen LogP contribution < -0.4 is 5.32 Å². The molecule has 3 aromatic rings. The number of hydrogen-bond donors (Lipinski definition) is 3. The van der Waals surface area contributed by atoms with Gasteiger partial charge in [0.25, 0.3) is 5.91 Å². The van der Waals surface area contributed by atoms with Crippen molar-refractivity contribution in [2.24, 2.45) is 0 Å². The van der Waals surface area contributed by atoms with Crippen LogP contribution in [0.4, 0.5) is 4.39 Å². The Balaban J connectivity index is 1.55. The Morgan fingerprint density at radius 2 is 1.97 bits per heavy atom. The minimum Gasteiger partial charge on any atom is -0.393 e. The van der Waals surface area contributed by atoms with Crippen molar-refractivity contribution in [3.8, 4) is 0 Å². The van der Waals surface area contributed by atoms with Gasteiger partial charge in [0.1, 0.15) is 23.2 Å². The normalized spacial score (nSPS) is 15.8. The van der Waals surface area contributed by atoms with Gasteiger partial charge in [-0.05, 0) is 42.7 Å². The number of nitrogens with zero attached hydrogens (tertiary/aromatic N) is 2. The molecule has 31 heavy (non-hydrogen) atoms. The van der Waals surface area contributed by atoms with Crippen molar-refractivity contribution in [3.05, 3.63) is 64.7 Å². The molecule has 2 amide bonds. The number of carbonyl (C=O) groups is 2. The predicted molar refractivity (Wildman–Crippen MR) is 114 cm³/mol. The third-order valence-electron chi connectivity index (χ3n) is 5.41. The zero-order chi connectivity index (χ0) is 22.0. The predicted octanol–water partition coefficient (Wildman–Crippen LogP) is 2.68. The zero-order valence-corrected chi connectivity index (χ0v) is 17.4. The smallest absolute Gasteiger partial charge is 0.268 e. The fraction of sp³-hybridized carbons (Fsp3) is 0.318. The van der Waals surface area contributed by atoms with E-state index in [0.717, 1.165) is 5.56 Å². The van der Waals surface area contributed by atoms with Gasteiger partial charge in [0.15, 0.2) is 0 Å². The number of aromatic amines is 1. The van der Waals surface area contributed by atoms with Crippen molar-refractivity contribution in [1.82, 2.24) is 20.2 Å². The van der Waals surface area contributed by atoms with Crippen molar-refractivity contribution in [2.45, 2.75) is 31.4 Å². The number of aromatic nitrogens is 2. The highest BCUT2D eigenvalue weighted by Crippen LogP contribution is 2.18. The summed E-state index contributed by atoms with van der Waals surface area (Å²) in [6.45, 7) is 0.842. The molecule has 1 aliphatic rings. The lowest BCUT2D eigenvalue weighted by molar-refractivity contribution is -0.135. The van der Waals surface area contributed by atoms with E-state index in [0.29, 0.717) is 42.0 Å².